The summed E-state index contributed by atoms with van der Waals surface area (Å²) in [5, 5.41) is 0. The van der Waals surface area contributed by atoms with Crippen molar-refractivity contribution in [3.8, 4) is 0 Å². The van der Waals surface area contributed by atoms with E-state index in [1.165, 1.54) is 0 Å². The van der Waals surface area contributed by atoms with E-state index in [9.17, 15) is 24.0 Å². The average molecular weight is 492 g/mol. The van der Waals surface area contributed by atoms with Crippen molar-refractivity contribution in [2.75, 3.05) is 6.61 Å². The van der Waals surface area contributed by atoms with Crippen molar-refractivity contribution in [3.63, 3.8) is 0 Å². The maximum atomic E-state index is 12.8. The fourth-order valence-corrected chi connectivity index (χ4v) is 3.77. The van der Waals surface area contributed by atoms with Crippen LogP contribution in [0.5, 0.6) is 0 Å². The molecule has 1 aromatic heterocycles. The van der Waals surface area contributed by atoms with E-state index in [-0.39, 0.29) is 18.6 Å². The topological polar surface area (TPSA) is 134 Å². The number of H-pyrrole nitrogens is 1. The van der Waals surface area contributed by atoms with Crippen LogP contribution in [0.15, 0.2) is 64.3 Å². The molecule has 10 heteroatoms. The molecule has 1 N–H and O–H groups in total. The van der Waals surface area contributed by atoms with Gasteiger partial charge in [-0.15, -0.1) is 0 Å². The van der Waals surface area contributed by atoms with E-state index in [0.29, 0.717) is 17.4 Å². The van der Waals surface area contributed by atoms with Gasteiger partial charge in [-0.05, 0) is 38.1 Å². The highest BCUT2D eigenvalue weighted by Gasteiger charge is 2.40. The molecule has 3 aromatic rings. The molecule has 0 bridgehead atoms. The summed E-state index contributed by atoms with van der Waals surface area (Å²) in [5.41, 5.74) is 0.741. The van der Waals surface area contributed by atoms with Crippen LogP contribution in [0.1, 0.15) is 54.8 Å². The predicted molar refractivity (Wildman–Crippen MR) is 127 cm³/mol. The third-order valence-electron chi connectivity index (χ3n) is 5.82. The van der Waals surface area contributed by atoms with Crippen molar-refractivity contribution in [1.82, 2.24) is 9.55 Å². The number of aromatic amines is 1. The second kappa shape index (κ2) is 10.5. The number of esters is 2. The van der Waals surface area contributed by atoms with Gasteiger partial charge in [0.05, 0.1) is 16.7 Å². The van der Waals surface area contributed by atoms with Gasteiger partial charge in [-0.1, -0.05) is 35.4 Å². The molecule has 0 aliphatic carbocycles. The van der Waals surface area contributed by atoms with Gasteiger partial charge in [-0.2, -0.15) is 0 Å². The standard InChI is InChI=1S/C26H24N2O8/c1-15-3-7-17(8-4-15)24(31)34-14-21-20(36-25(32)18-9-5-16(2)6-10-18)11-22(35-21)28-12-19(13-29)23(30)27-26(28)33/h3-10,12-13,20-22H,11,14H2,1-2H3,(H,27,30,33)/t20-,21+,22+/m1/s1. The van der Waals surface area contributed by atoms with Gasteiger partial charge in [0.1, 0.15) is 25.0 Å². The fraction of sp³-hybridized carbons (Fsp3) is 0.269. The zero-order chi connectivity index (χ0) is 25.8. The summed E-state index contributed by atoms with van der Waals surface area (Å²) in [5.74, 6) is -1.20. The molecule has 0 saturated carbocycles. The zero-order valence-electron chi connectivity index (χ0n) is 19.6. The Balaban J connectivity index is 1.55. The third kappa shape index (κ3) is 5.49. The molecule has 1 aliphatic heterocycles. The number of ether oxygens (including phenoxy) is 3. The highest BCUT2D eigenvalue weighted by atomic mass is 16.6. The molecule has 2 heterocycles. The summed E-state index contributed by atoms with van der Waals surface area (Å²) in [4.78, 5) is 62.6. The van der Waals surface area contributed by atoms with E-state index in [1.54, 1.807) is 48.5 Å². The van der Waals surface area contributed by atoms with Gasteiger partial charge in [0.25, 0.3) is 5.56 Å². The van der Waals surface area contributed by atoms with Crippen LogP contribution in [0.4, 0.5) is 0 Å². The number of aromatic nitrogens is 2. The molecule has 0 spiro atoms. The maximum absolute atomic E-state index is 12.8. The lowest BCUT2D eigenvalue weighted by atomic mass is 10.1. The van der Waals surface area contributed by atoms with E-state index in [2.05, 4.69) is 4.98 Å². The molecule has 0 radical (unpaired) electrons. The van der Waals surface area contributed by atoms with Crippen LogP contribution >= 0.6 is 0 Å². The fourth-order valence-electron chi connectivity index (χ4n) is 3.77. The summed E-state index contributed by atoms with van der Waals surface area (Å²) in [6.07, 6.45) is -1.34. The first kappa shape index (κ1) is 24.8. The van der Waals surface area contributed by atoms with Gasteiger partial charge in [-0.3, -0.25) is 19.1 Å². The number of hydrogen-bond donors (Lipinski definition) is 1. The van der Waals surface area contributed by atoms with Gasteiger partial charge >= 0.3 is 17.6 Å². The number of carbonyl (C=O) groups is 3. The first-order valence-corrected chi connectivity index (χ1v) is 11.2. The monoisotopic (exact) mass is 492 g/mol. The molecular formula is C26H24N2O8. The minimum absolute atomic E-state index is 0.0224. The van der Waals surface area contributed by atoms with Crippen molar-refractivity contribution >= 4 is 18.2 Å². The van der Waals surface area contributed by atoms with Crippen molar-refractivity contribution in [2.24, 2.45) is 0 Å². The van der Waals surface area contributed by atoms with Gasteiger partial charge in [0.15, 0.2) is 6.29 Å². The van der Waals surface area contributed by atoms with Crippen LogP contribution < -0.4 is 11.2 Å². The Morgan fingerprint density at radius 1 is 1.00 bits per heavy atom. The lowest BCUT2D eigenvalue weighted by Crippen LogP contribution is -2.34. The summed E-state index contributed by atoms with van der Waals surface area (Å²) in [7, 11) is 0. The lowest BCUT2D eigenvalue weighted by Gasteiger charge is -2.19. The number of nitrogens with one attached hydrogen (secondary N) is 1. The number of carbonyl (C=O) groups excluding carboxylic acids is 3. The SMILES string of the molecule is Cc1ccc(C(=O)OC[C@@H]2O[C@H](n3cc(C=O)c(=O)[nH]c3=O)C[C@H]2OC(=O)c2ccc(C)cc2)cc1. The van der Waals surface area contributed by atoms with E-state index in [4.69, 9.17) is 14.2 Å². The number of nitrogens with zero attached hydrogens (tertiary/aromatic N) is 1. The quantitative estimate of drug-likeness (QED) is 0.392. The highest BCUT2D eigenvalue weighted by Crippen LogP contribution is 2.31. The van der Waals surface area contributed by atoms with Crippen LogP contribution in [-0.4, -0.2) is 46.6 Å². The second-order valence-electron chi connectivity index (χ2n) is 8.51. The maximum Gasteiger partial charge on any atom is 0.338 e. The van der Waals surface area contributed by atoms with Crippen LogP contribution in [0, 0.1) is 13.8 Å². The molecule has 186 valence electrons. The Labute approximate surface area is 205 Å². The second-order valence-corrected chi connectivity index (χ2v) is 8.51. The molecule has 10 nitrogen and oxygen atoms in total. The number of hydrogen-bond acceptors (Lipinski definition) is 8. The Morgan fingerprint density at radius 2 is 1.58 bits per heavy atom. The molecule has 4 rings (SSSR count). The molecule has 1 saturated heterocycles. The minimum atomic E-state index is -0.980. The Morgan fingerprint density at radius 3 is 2.17 bits per heavy atom. The number of aldehydes is 1. The molecule has 1 aliphatic rings. The van der Waals surface area contributed by atoms with E-state index in [0.717, 1.165) is 21.9 Å². The summed E-state index contributed by atoms with van der Waals surface area (Å²) < 4.78 is 18.0. The smallest absolute Gasteiger partial charge is 0.338 e. The van der Waals surface area contributed by atoms with Crippen molar-refractivity contribution in [1.29, 1.82) is 0 Å². The summed E-state index contributed by atoms with van der Waals surface area (Å²) >= 11 is 0. The van der Waals surface area contributed by atoms with E-state index >= 15 is 0 Å². The van der Waals surface area contributed by atoms with E-state index in [1.807, 2.05) is 13.8 Å². The summed E-state index contributed by atoms with van der Waals surface area (Å²) in [6, 6.07) is 13.6. The molecule has 2 aromatic carbocycles. The minimum Gasteiger partial charge on any atom is -0.459 e. The molecule has 36 heavy (non-hydrogen) atoms. The van der Waals surface area contributed by atoms with Crippen molar-refractivity contribution < 1.29 is 28.6 Å². The molecule has 0 amide bonds. The third-order valence-corrected chi connectivity index (χ3v) is 5.82. The lowest BCUT2D eigenvalue weighted by molar-refractivity contribution is -0.0582. The van der Waals surface area contributed by atoms with Gasteiger partial charge < -0.3 is 14.2 Å². The van der Waals surface area contributed by atoms with Crippen LogP contribution in [-0.2, 0) is 14.2 Å². The Hall–Kier alpha value is -4.31. The average Bonchev–Trinajstić information content (AvgIpc) is 3.25. The molecule has 0 unspecified atom stereocenters. The molecule has 3 atom stereocenters. The van der Waals surface area contributed by atoms with Crippen LogP contribution in [0.3, 0.4) is 0 Å². The normalized spacial score (nSPS) is 19.0. The zero-order valence-corrected chi connectivity index (χ0v) is 19.6. The highest BCUT2D eigenvalue weighted by molar-refractivity contribution is 5.90. The first-order valence-electron chi connectivity index (χ1n) is 11.2. The van der Waals surface area contributed by atoms with Crippen molar-refractivity contribution in [3.05, 3.63) is 103 Å². The molecule has 1 fully saturated rings. The van der Waals surface area contributed by atoms with Crippen LogP contribution in [0.2, 0.25) is 0 Å². The Kier molecular flexibility index (Phi) is 7.25. The van der Waals surface area contributed by atoms with Crippen molar-refractivity contribution in [2.45, 2.75) is 38.7 Å². The number of aryl methyl sites for hydroxylation is 2. The van der Waals surface area contributed by atoms with E-state index < -0.39 is 41.6 Å². The number of benzene rings is 2. The van der Waals surface area contributed by atoms with Gasteiger partial charge in [0, 0.05) is 12.6 Å². The van der Waals surface area contributed by atoms with Gasteiger partial charge in [0.2, 0.25) is 0 Å². The predicted octanol–water partition coefficient (Wildman–Crippen LogP) is 2.34. The van der Waals surface area contributed by atoms with Crippen LogP contribution in [0.25, 0.3) is 0 Å². The number of rotatable bonds is 7. The molecular weight excluding hydrogens is 468 g/mol. The van der Waals surface area contributed by atoms with Gasteiger partial charge in [-0.25, -0.2) is 14.4 Å². The largest absolute Gasteiger partial charge is 0.459 e. The first-order chi connectivity index (χ1) is 17.2. The Bertz CT molecular complexity index is 1390. The summed E-state index contributed by atoms with van der Waals surface area (Å²) in [6.45, 7) is 3.52.